The lowest BCUT2D eigenvalue weighted by Gasteiger charge is -2.17. The zero-order valence-electron chi connectivity index (χ0n) is 10.2. The summed E-state index contributed by atoms with van der Waals surface area (Å²) in [5.41, 5.74) is 2.20. The van der Waals surface area contributed by atoms with Crippen LogP contribution < -0.4 is 10.9 Å². The molecule has 1 aromatic heterocycles. The van der Waals surface area contributed by atoms with E-state index in [0.717, 1.165) is 0 Å². The summed E-state index contributed by atoms with van der Waals surface area (Å²) >= 11 is 3.23. The largest absolute Gasteiger partial charge is 0.362 e. The number of aromatic nitrogens is 2. The highest BCUT2D eigenvalue weighted by atomic mass is 79.9. The van der Waals surface area contributed by atoms with Crippen LogP contribution in [0.4, 0.5) is 5.82 Å². The van der Waals surface area contributed by atoms with Crippen LogP contribution in [0.25, 0.3) is 0 Å². The first-order chi connectivity index (χ1) is 8.59. The van der Waals surface area contributed by atoms with Gasteiger partial charge in [-0.05, 0) is 40.9 Å². The van der Waals surface area contributed by atoms with Crippen molar-refractivity contribution >= 4 is 21.7 Å². The molecule has 0 amide bonds. The van der Waals surface area contributed by atoms with Crippen LogP contribution in [-0.2, 0) is 0 Å². The van der Waals surface area contributed by atoms with E-state index in [1.165, 1.54) is 17.5 Å². The lowest BCUT2D eigenvalue weighted by molar-refractivity contribution is 0.858. The average Bonchev–Trinajstić information content (AvgIpc) is 2.35. The fourth-order valence-electron chi connectivity index (χ4n) is 1.84. The average molecular weight is 308 g/mol. The van der Waals surface area contributed by atoms with E-state index in [1.54, 1.807) is 0 Å². The summed E-state index contributed by atoms with van der Waals surface area (Å²) in [6.07, 6.45) is 1.39. The Morgan fingerprint density at radius 2 is 2.11 bits per heavy atom. The second kappa shape index (κ2) is 5.35. The molecule has 0 aliphatic heterocycles. The van der Waals surface area contributed by atoms with E-state index in [9.17, 15) is 4.79 Å². The molecule has 0 aliphatic carbocycles. The van der Waals surface area contributed by atoms with Crippen LogP contribution in [-0.4, -0.2) is 9.97 Å². The molecular formula is C13H14BrN3O. The summed E-state index contributed by atoms with van der Waals surface area (Å²) in [5.74, 6) is 0.550. The number of rotatable bonds is 3. The first-order valence-electron chi connectivity index (χ1n) is 5.65. The van der Waals surface area contributed by atoms with Gasteiger partial charge in [0.05, 0.1) is 12.4 Å². The molecule has 4 nitrogen and oxygen atoms in total. The summed E-state index contributed by atoms with van der Waals surface area (Å²) in [4.78, 5) is 18.1. The molecule has 1 aromatic carbocycles. The number of nitrogens with one attached hydrogen (secondary N) is 2. The van der Waals surface area contributed by atoms with Crippen LogP contribution in [0.2, 0.25) is 0 Å². The molecule has 0 aliphatic rings. The van der Waals surface area contributed by atoms with Gasteiger partial charge in [0.25, 0.3) is 5.56 Å². The van der Waals surface area contributed by atoms with E-state index in [4.69, 9.17) is 0 Å². The maximum Gasteiger partial charge on any atom is 0.267 e. The van der Waals surface area contributed by atoms with Gasteiger partial charge in [-0.15, -0.1) is 0 Å². The van der Waals surface area contributed by atoms with Gasteiger partial charge in [0.2, 0.25) is 0 Å². The molecule has 1 unspecified atom stereocenters. The monoisotopic (exact) mass is 307 g/mol. The molecule has 94 valence electrons. The van der Waals surface area contributed by atoms with Gasteiger partial charge < -0.3 is 10.3 Å². The van der Waals surface area contributed by atoms with Crippen LogP contribution in [0, 0.1) is 6.92 Å². The van der Waals surface area contributed by atoms with Crippen molar-refractivity contribution in [1.29, 1.82) is 0 Å². The van der Waals surface area contributed by atoms with E-state index in [-0.39, 0.29) is 11.6 Å². The molecule has 18 heavy (non-hydrogen) atoms. The van der Waals surface area contributed by atoms with Gasteiger partial charge in [0.15, 0.2) is 0 Å². The molecule has 2 rings (SSSR count). The van der Waals surface area contributed by atoms with Gasteiger partial charge in [-0.25, -0.2) is 4.98 Å². The molecule has 5 heteroatoms. The molecule has 2 aromatic rings. The van der Waals surface area contributed by atoms with Gasteiger partial charge in [0, 0.05) is 0 Å². The SMILES string of the molecule is Cc1ccccc1C(C)Nc1nc[nH]c(=O)c1Br. The topological polar surface area (TPSA) is 57.8 Å². The van der Waals surface area contributed by atoms with E-state index in [2.05, 4.69) is 50.3 Å². The Bertz CT molecular complexity index is 609. The van der Waals surface area contributed by atoms with Crippen molar-refractivity contribution in [2.45, 2.75) is 19.9 Å². The molecule has 0 saturated heterocycles. The van der Waals surface area contributed by atoms with Crippen molar-refractivity contribution < 1.29 is 0 Å². The van der Waals surface area contributed by atoms with Crippen LogP contribution in [0.1, 0.15) is 24.1 Å². The minimum absolute atomic E-state index is 0.0804. The Kier molecular flexibility index (Phi) is 3.81. The van der Waals surface area contributed by atoms with Crippen LogP contribution >= 0.6 is 15.9 Å². The third kappa shape index (κ3) is 2.61. The van der Waals surface area contributed by atoms with Crippen molar-refractivity contribution in [2.75, 3.05) is 5.32 Å². The Hall–Kier alpha value is -1.62. The predicted octanol–water partition coefficient (Wildman–Crippen LogP) is 3.01. The minimum Gasteiger partial charge on any atom is -0.362 e. The number of H-pyrrole nitrogens is 1. The second-order valence-electron chi connectivity index (χ2n) is 4.12. The van der Waals surface area contributed by atoms with Crippen LogP contribution in [0.5, 0.6) is 0 Å². The Balaban J connectivity index is 2.27. The summed E-state index contributed by atoms with van der Waals surface area (Å²) in [7, 11) is 0. The normalized spacial score (nSPS) is 12.2. The number of aryl methyl sites for hydroxylation is 1. The quantitative estimate of drug-likeness (QED) is 0.916. The minimum atomic E-state index is -0.190. The fraction of sp³-hybridized carbons (Fsp3) is 0.231. The summed E-state index contributed by atoms with van der Waals surface area (Å²) in [6, 6.07) is 8.21. The van der Waals surface area contributed by atoms with Gasteiger partial charge >= 0.3 is 0 Å². The fourth-order valence-corrected chi connectivity index (χ4v) is 2.17. The van der Waals surface area contributed by atoms with Crippen molar-refractivity contribution in [1.82, 2.24) is 9.97 Å². The lowest BCUT2D eigenvalue weighted by atomic mass is 10.0. The van der Waals surface area contributed by atoms with Crippen LogP contribution in [0.15, 0.2) is 39.9 Å². The highest BCUT2D eigenvalue weighted by Crippen LogP contribution is 2.23. The Labute approximate surface area is 114 Å². The highest BCUT2D eigenvalue weighted by molar-refractivity contribution is 9.10. The first-order valence-corrected chi connectivity index (χ1v) is 6.44. The van der Waals surface area contributed by atoms with E-state index < -0.39 is 0 Å². The lowest BCUT2D eigenvalue weighted by Crippen LogP contribution is -2.15. The smallest absolute Gasteiger partial charge is 0.267 e. The number of hydrogen-bond donors (Lipinski definition) is 2. The molecule has 0 spiro atoms. The third-order valence-electron chi connectivity index (χ3n) is 2.80. The van der Waals surface area contributed by atoms with Crippen molar-refractivity contribution in [3.8, 4) is 0 Å². The zero-order chi connectivity index (χ0) is 13.1. The number of nitrogens with zero attached hydrogens (tertiary/aromatic N) is 1. The Morgan fingerprint density at radius 1 is 1.39 bits per heavy atom. The molecule has 0 fully saturated rings. The molecule has 1 atom stereocenters. The van der Waals surface area contributed by atoms with E-state index in [1.807, 2.05) is 19.1 Å². The molecule has 2 N–H and O–H groups in total. The molecular weight excluding hydrogens is 294 g/mol. The van der Waals surface area contributed by atoms with E-state index >= 15 is 0 Å². The number of aromatic amines is 1. The summed E-state index contributed by atoms with van der Waals surface area (Å²) in [5, 5.41) is 3.23. The maximum absolute atomic E-state index is 11.4. The molecule has 0 bridgehead atoms. The van der Waals surface area contributed by atoms with Gasteiger partial charge in [0.1, 0.15) is 10.3 Å². The number of halogens is 1. The number of benzene rings is 1. The molecule has 0 radical (unpaired) electrons. The highest BCUT2D eigenvalue weighted by Gasteiger charge is 2.11. The molecule has 1 heterocycles. The van der Waals surface area contributed by atoms with Gasteiger partial charge in [-0.1, -0.05) is 24.3 Å². The second-order valence-corrected chi connectivity index (χ2v) is 4.91. The standard InChI is InChI=1S/C13H14BrN3O/c1-8-5-3-4-6-10(8)9(2)17-12-11(14)13(18)16-7-15-12/h3-7,9H,1-2H3,(H2,15,16,17,18). The zero-order valence-corrected chi connectivity index (χ0v) is 11.8. The van der Waals surface area contributed by atoms with E-state index in [0.29, 0.717) is 10.3 Å². The van der Waals surface area contributed by atoms with Crippen LogP contribution in [0.3, 0.4) is 0 Å². The van der Waals surface area contributed by atoms with Gasteiger partial charge in [-0.3, -0.25) is 4.79 Å². The maximum atomic E-state index is 11.4. The van der Waals surface area contributed by atoms with Crippen molar-refractivity contribution in [2.24, 2.45) is 0 Å². The first kappa shape index (κ1) is 12.8. The Morgan fingerprint density at radius 3 is 2.83 bits per heavy atom. The van der Waals surface area contributed by atoms with Crippen molar-refractivity contribution in [3.05, 3.63) is 56.5 Å². The molecule has 0 saturated carbocycles. The number of hydrogen-bond acceptors (Lipinski definition) is 3. The predicted molar refractivity (Wildman–Crippen MR) is 75.8 cm³/mol. The number of anilines is 1. The van der Waals surface area contributed by atoms with Crippen molar-refractivity contribution in [3.63, 3.8) is 0 Å². The summed E-state index contributed by atoms with van der Waals surface area (Å²) in [6.45, 7) is 4.10. The third-order valence-corrected chi connectivity index (χ3v) is 3.54. The van der Waals surface area contributed by atoms with Gasteiger partial charge in [-0.2, -0.15) is 0 Å². The summed E-state index contributed by atoms with van der Waals surface area (Å²) < 4.78 is 0.422.